The first kappa shape index (κ1) is 16.6. The van der Waals surface area contributed by atoms with Crippen molar-refractivity contribution in [1.82, 2.24) is 9.55 Å². The van der Waals surface area contributed by atoms with E-state index in [-0.39, 0.29) is 0 Å². The Hall–Kier alpha value is -2.87. The van der Waals surface area contributed by atoms with Crippen molar-refractivity contribution in [1.29, 1.82) is 0 Å². The minimum Gasteiger partial charge on any atom is -0.338 e. The van der Waals surface area contributed by atoms with Gasteiger partial charge in [-0.25, -0.2) is 0 Å². The van der Waals surface area contributed by atoms with Gasteiger partial charge in [0, 0.05) is 29.4 Å². The van der Waals surface area contributed by atoms with Crippen molar-refractivity contribution in [2.24, 2.45) is 0 Å². The molecular formula is C24H24N2. The van der Waals surface area contributed by atoms with Crippen molar-refractivity contribution in [3.05, 3.63) is 88.7 Å². The van der Waals surface area contributed by atoms with E-state index in [4.69, 9.17) is 4.98 Å². The Morgan fingerprint density at radius 3 is 2.04 bits per heavy atom. The van der Waals surface area contributed by atoms with Crippen LogP contribution in [-0.4, -0.2) is 9.55 Å². The number of hydrogen-bond acceptors (Lipinski definition) is 1. The zero-order valence-electron chi connectivity index (χ0n) is 15.9. The maximum absolute atomic E-state index is 4.76. The molecule has 2 aromatic heterocycles. The molecule has 0 spiro atoms. The fraction of sp³-hybridized carbons (Fsp3) is 0.208. The van der Waals surface area contributed by atoms with Crippen LogP contribution < -0.4 is 0 Å². The number of fused-ring (bicyclic) bond motifs is 1. The Morgan fingerprint density at radius 2 is 1.38 bits per heavy atom. The molecule has 2 heterocycles. The van der Waals surface area contributed by atoms with Gasteiger partial charge in [-0.1, -0.05) is 59.7 Å². The van der Waals surface area contributed by atoms with Gasteiger partial charge < -0.3 is 4.57 Å². The van der Waals surface area contributed by atoms with Crippen LogP contribution in [0, 0.1) is 27.7 Å². The molecule has 130 valence electrons. The molecule has 26 heavy (non-hydrogen) atoms. The molecule has 0 amide bonds. The van der Waals surface area contributed by atoms with Gasteiger partial charge in [0.15, 0.2) is 0 Å². The second-order valence-corrected chi connectivity index (χ2v) is 7.20. The lowest BCUT2D eigenvalue weighted by Gasteiger charge is -2.12. The first-order valence-corrected chi connectivity index (χ1v) is 9.11. The molecule has 0 aliphatic carbocycles. The van der Waals surface area contributed by atoms with E-state index in [1.807, 2.05) is 6.20 Å². The number of pyridine rings is 1. The van der Waals surface area contributed by atoms with Gasteiger partial charge in [-0.2, -0.15) is 0 Å². The molecule has 0 N–H and O–H groups in total. The van der Waals surface area contributed by atoms with Crippen molar-refractivity contribution in [2.45, 2.75) is 34.2 Å². The average Bonchev–Trinajstić information content (AvgIpc) is 2.89. The van der Waals surface area contributed by atoms with Crippen LogP contribution in [0.2, 0.25) is 0 Å². The molecule has 4 aromatic rings. The maximum atomic E-state index is 4.76. The molecular weight excluding hydrogens is 316 g/mol. The summed E-state index contributed by atoms with van der Waals surface area (Å²) in [7, 11) is 0. The summed E-state index contributed by atoms with van der Waals surface area (Å²) in [4.78, 5) is 4.76. The van der Waals surface area contributed by atoms with E-state index in [0.29, 0.717) is 0 Å². The second kappa shape index (κ2) is 6.45. The number of benzene rings is 2. The third kappa shape index (κ3) is 2.82. The SMILES string of the molecule is Cc1ccc(Cn2c(C)c(C)c3ccnc(-c4ccc(C)cc4)c32)cc1. The zero-order valence-corrected chi connectivity index (χ0v) is 15.9. The Bertz CT molecular complexity index is 1070. The molecule has 2 nitrogen and oxygen atoms in total. The predicted molar refractivity (Wildman–Crippen MR) is 110 cm³/mol. The van der Waals surface area contributed by atoms with E-state index < -0.39 is 0 Å². The lowest BCUT2D eigenvalue weighted by atomic mass is 10.1. The minimum absolute atomic E-state index is 0.862. The van der Waals surface area contributed by atoms with E-state index in [2.05, 4.69) is 86.9 Å². The molecule has 0 unspecified atom stereocenters. The van der Waals surface area contributed by atoms with Crippen LogP contribution in [0.1, 0.15) is 27.9 Å². The highest BCUT2D eigenvalue weighted by Crippen LogP contribution is 2.33. The summed E-state index contributed by atoms with van der Waals surface area (Å²) >= 11 is 0. The Morgan fingerprint density at radius 1 is 0.769 bits per heavy atom. The van der Waals surface area contributed by atoms with Gasteiger partial charge in [0.25, 0.3) is 0 Å². The molecule has 0 saturated carbocycles. The summed E-state index contributed by atoms with van der Waals surface area (Å²) in [6.45, 7) is 9.53. The summed E-state index contributed by atoms with van der Waals surface area (Å²) in [6.07, 6.45) is 1.93. The van der Waals surface area contributed by atoms with Gasteiger partial charge in [-0.15, -0.1) is 0 Å². The highest BCUT2D eigenvalue weighted by molar-refractivity contribution is 5.95. The van der Waals surface area contributed by atoms with E-state index >= 15 is 0 Å². The first-order chi connectivity index (χ1) is 12.5. The standard InChI is InChI=1S/C24H24N2/c1-16-5-9-20(10-6-16)15-26-19(4)18(3)22-13-14-25-23(24(22)26)21-11-7-17(2)8-12-21/h5-14H,15H2,1-4H3. The first-order valence-electron chi connectivity index (χ1n) is 9.11. The summed E-state index contributed by atoms with van der Waals surface area (Å²) in [6, 6.07) is 19.6. The van der Waals surface area contributed by atoms with Crippen molar-refractivity contribution in [3.63, 3.8) is 0 Å². The van der Waals surface area contributed by atoms with Crippen LogP contribution in [0.15, 0.2) is 60.8 Å². The molecule has 2 aromatic carbocycles. The summed E-state index contributed by atoms with van der Waals surface area (Å²) in [5.41, 5.74) is 9.98. The van der Waals surface area contributed by atoms with E-state index in [1.54, 1.807) is 0 Å². The van der Waals surface area contributed by atoms with Crippen LogP contribution in [0.5, 0.6) is 0 Å². The smallest absolute Gasteiger partial charge is 0.0945 e. The highest BCUT2D eigenvalue weighted by Gasteiger charge is 2.16. The molecule has 0 radical (unpaired) electrons. The molecule has 4 rings (SSSR count). The lowest BCUT2D eigenvalue weighted by Crippen LogP contribution is -2.03. The third-order valence-electron chi connectivity index (χ3n) is 5.33. The number of aromatic nitrogens is 2. The van der Waals surface area contributed by atoms with Crippen molar-refractivity contribution < 1.29 is 0 Å². The number of aryl methyl sites for hydroxylation is 3. The molecule has 0 saturated heterocycles. The topological polar surface area (TPSA) is 17.8 Å². The van der Waals surface area contributed by atoms with Crippen LogP contribution in [-0.2, 0) is 6.54 Å². The van der Waals surface area contributed by atoms with Crippen LogP contribution in [0.4, 0.5) is 0 Å². The third-order valence-corrected chi connectivity index (χ3v) is 5.33. The van der Waals surface area contributed by atoms with Gasteiger partial charge in [-0.05, 0) is 44.9 Å². The molecule has 0 aliphatic heterocycles. The van der Waals surface area contributed by atoms with E-state index in [9.17, 15) is 0 Å². The van der Waals surface area contributed by atoms with Crippen molar-refractivity contribution in [2.75, 3.05) is 0 Å². The van der Waals surface area contributed by atoms with E-state index in [0.717, 1.165) is 12.2 Å². The Balaban J connectivity index is 1.93. The van der Waals surface area contributed by atoms with Crippen molar-refractivity contribution in [3.8, 4) is 11.3 Å². The van der Waals surface area contributed by atoms with Gasteiger partial charge in [-0.3, -0.25) is 4.98 Å². The fourth-order valence-corrected chi connectivity index (χ4v) is 3.59. The minimum atomic E-state index is 0.862. The lowest BCUT2D eigenvalue weighted by molar-refractivity contribution is 0.800. The quantitative estimate of drug-likeness (QED) is 0.448. The zero-order chi connectivity index (χ0) is 18.3. The van der Waals surface area contributed by atoms with Crippen LogP contribution in [0.25, 0.3) is 22.2 Å². The number of nitrogens with zero attached hydrogens (tertiary/aromatic N) is 2. The van der Waals surface area contributed by atoms with Crippen LogP contribution >= 0.6 is 0 Å². The second-order valence-electron chi connectivity index (χ2n) is 7.20. The molecule has 2 heteroatoms. The van der Waals surface area contributed by atoms with Gasteiger partial charge in [0.1, 0.15) is 0 Å². The van der Waals surface area contributed by atoms with E-state index in [1.165, 1.54) is 44.4 Å². The molecule has 0 atom stereocenters. The highest BCUT2D eigenvalue weighted by atomic mass is 15.0. The van der Waals surface area contributed by atoms with Gasteiger partial charge in [0.2, 0.25) is 0 Å². The number of rotatable bonds is 3. The normalized spacial score (nSPS) is 11.2. The summed E-state index contributed by atoms with van der Waals surface area (Å²) in [5.74, 6) is 0. The molecule has 0 aliphatic rings. The van der Waals surface area contributed by atoms with Gasteiger partial charge >= 0.3 is 0 Å². The number of hydrogen-bond donors (Lipinski definition) is 0. The molecule has 0 bridgehead atoms. The maximum Gasteiger partial charge on any atom is 0.0945 e. The average molecular weight is 340 g/mol. The monoisotopic (exact) mass is 340 g/mol. The Kier molecular flexibility index (Phi) is 4.12. The largest absolute Gasteiger partial charge is 0.338 e. The Labute approximate surface area is 155 Å². The summed E-state index contributed by atoms with van der Waals surface area (Å²) in [5, 5.41) is 1.29. The van der Waals surface area contributed by atoms with Crippen LogP contribution in [0.3, 0.4) is 0 Å². The van der Waals surface area contributed by atoms with Crippen molar-refractivity contribution >= 4 is 10.9 Å². The van der Waals surface area contributed by atoms with Gasteiger partial charge in [0.05, 0.1) is 11.2 Å². The summed E-state index contributed by atoms with van der Waals surface area (Å²) < 4.78 is 2.41. The molecule has 0 fully saturated rings. The fourth-order valence-electron chi connectivity index (χ4n) is 3.59. The predicted octanol–water partition coefficient (Wildman–Crippen LogP) is 5.99.